The van der Waals surface area contributed by atoms with Gasteiger partial charge in [-0.25, -0.2) is 0 Å². The van der Waals surface area contributed by atoms with Crippen molar-refractivity contribution in [2.24, 2.45) is 10.9 Å². The molecule has 4 nitrogen and oxygen atoms in total. The van der Waals surface area contributed by atoms with Gasteiger partial charge in [-0.05, 0) is 0 Å². The number of carbonyl (C=O) groups is 1. The molecule has 0 aliphatic carbocycles. The number of carbonyl (C=O) groups excluding carboxylic acids is 1. The molecule has 0 saturated carbocycles. The van der Waals surface area contributed by atoms with E-state index < -0.39 is 5.91 Å². The third-order valence-corrected chi connectivity index (χ3v) is 1.38. The number of nitrogens with zero attached hydrogens (tertiary/aromatic N) is 1. The number of rotatable bonds is 2. The van der Waals surface area contributed by atoms with E-state index in [9.17, 15) is 4.79 Å². The Morgan fingerprint density at radius 2 is 1.92 bits per heavy atom. The van der Waals surface area contributed by atoms with Crippen molar-refractivity contribution in [2.45, 2.75) is 0 Å². The molecule has 1 aromatic rings. The molecule has 1 aromatic carbocycles. The first-order valence-corrected chi connectivity index (χ1v) is 3.33. The second kappa shape index (κ2) is 3.52. The SMILES string of the molecule is NC(=O)/C(=N/O)c1ccccc1. The predicted octanol–water partition coefficient (Wildman–Crippen LogP) is 0.350. The van der Waals surface area contributed by atoms with Crippen molar-refractivity contribution in [2.75, 3.05) is 0 Å². The predicted molar refractivity (Wildman–Crippen MR) is 44.0 cm³/mol. The van der Waals surface area contributed by atoms with Crippen molar-refractivity contribution in [3.8, 4) is 0 Å². The van der Waals surface area contributed by atoms with Crippen molar-refractivity contribution in [1.29, 1.82) is 0 Å². The lowest BCUT2D eigenvalue weighted by atomic mass is 10.1. The minimum absolute atomic E-state index is 0.129. The maximum atomic E-state index is 10.7. The van der Waals surface area contributed by atoms with Crippen LogP contribution in [0.4, 0.5) is 0 Å². The van der Waals surface area contributed by atoms with Crippen LogP contribution in [0, 0.1) is 0 Å². The molecule has 62 valence electrons. The smallest absolute Gasteiger partial charge is 0.271 e. The fraction of sp³-hybridized carbons (Fsp3) is 0. The number of oxime groups is 1. The molecule has 12 heavy (non-hydrogen) atoms. The highest BCUT2D eigenvalue weighted by molar-refractivity contribution is 6.44. The van der Waals surface area contributed by atoms with Crippen molar-refractivity contribution >= 4 is 11.6 Å². The normalized spacial score (nSPS) is 11.2. The molecule has 0 aliphatic heterocycles. The van der Waals surface area contributed by atoms with Gasteiger partial charge in [-0.15, -0.1) is 0 Å². The summed E-state index contributed by atoms with van der Waals surface area (Å²) in [5.41, 5.74) is 5.33. The average Bonchev–Trinajstić information content (AvgIpc) is 2.07. The minimum atomic E-state index is -0.747. The van der Waals surface area contributed by atoms with E-state index in [2.05, 4.69) is 5.16 Å². The van der Waals surface area contributed by atoms with Crippen LogP contribution in [0.15, 0.2) is 35.5 Å². The zero-order valence-electron chi connectivity index (χ0n) is 6.27. The van der Waals surface area contributed by atoms with Gasteiger partial charge in [0.25, 0.3) is 5.91 Å². The molecule has 3 N–H and O–H groups in total. The molecule has 0 spiro atoms. The van der Waals surface area contributed by atoms with E-state index in [1.54, 1.807) is 30.3 Å². The Balaban J connectivity index is 3.05. The molecule has 0 aromatic heterocycles. The molecule has 0 unspecified atom stereocenters. The fourth-order valence-corrected chi connectivity index (χ4v) is 0.845. The molecule has 0 fully saturated rings. The standard InChI is InChI=1S/C8H8N2O2/c9-8(11)7(10-12)6-4-2-1-3-5-6/h1-5,12H,(H2,9,11)/b10-7+. The first-order valence-electron chi connectivity index (χ1n) is 3.33. The van der Waals surface area contributed by atoms with E-state index in [4.69, 9.17) is 10.9 Å². The Morgan fingerprint density at radius 1 is 1.33 bits per heavy atom. The zero-order valence-corrected chi connectivity index (χ0v) is 6.27. The van der Waals surface area contributed by atoms with E-state index in [-0.39, 0.29) is 5.71 Å². The number of benzene rings is 1. The lowest BCUT2D eigenvalue weighted by molar-refractivity contribution is -0.112. The monoisotopic (exact) mass is 164 g/mol. The third kappa shape index (κ3) is 1.60. The van der Waals surface area contributed by atoms with Gasteiger partial charge in [0, 0.05) is 5.56 Å². The Hall–Kier alpha value is -1.84. The number of primary amides is 1. The molecule has 0 radical (unpaired) electrons. The van der Waals surface area contributed by atoms with Gasteiger partial charge in [-0.3, -0.25) is 4.79 Å². The summed E-state index contributed by atoms with van der Waals surface area (Å²) in [6, 6.07) is 8.52. The molecular formula is C8H8N2O2. The Bertz CT molecular complexity index is 306. The molecule has 0 saturated heterocycles. The molecular weight excluding hydrogens is 156 g/mol. The van der Waals surface area contributed by atoms with Gasteiger partial charge < -0.3 is 10.9 Å². The van der Waals surface area contributed by atoms with Crippen LogP contribution >= 0.6 is 0 Å². The van der Waals surface area contributed by atoms with E-state index in [0.29, 0.717) is 5.56 Å². The molecule has 1 amide bonds. The quantitative estimate of drug-likeness (QED) is 0.376. The highest BCUT2D eigenvalue weighted by Crippen LogP contribution is 1.99. The van der Waals surface area contributed by atoms with Gasteiger partial charge in [-0.1, -0.05) is 35.5 Å². The van der Waals surface area contributed by atoms with Crippen LogP contribution in [0.25, 0.3) is 0 Å². The van der Waals surface area contributed by atoms with Gasteiger partial charge in [0.05, 0.1) is 0 Å². The Labute approximate surface area is 69.3 Å². The molecule has 0 bridgehead atoms. The first kappa shape index (κ1) is 8.26. The van der Waals surface area contributed by atoms with Gasteiger partial charge in [0.15, 0.2) is 5.71 Å². The molecule has 0 heterocycles. The number of hydrogen-bond acceptors (Lipinski definition) is 3. The maximum absolute atomic E-state index is 10.7. The molecule has 0 aliphatic rings. The van der Waals surface area contributed by atoms with Crippen LogP contribution in [0.1, 0.15) is 5.56 Å². The van der Waals surface area contributed by atoms with E-state index >= 15 is 0 Å². The van der Waals surface area contributed by atoms with Gasteiger partial charge in [-0.2, -0.15) is 0 Å². The van der Waals surface area contributed by atoms with Crippen molar-refractivity contribution in [1.82, 2.24) is 0 Å². The van der Waals surface area contributed by atoms with E-state index in [1.807, 2.05) is 0 Å². The summed E-state index contributed by atoms with van der Waals surface area (Å²) >= 11 is 0. The summed E-state index contributed by atoms with van der Waals surface area (Å²) in [7, 11) is 0. The highest BCUT2D eigenvalue weighted by Gasteiger charge is 2.08. The average molecular weight is 164 g/mol. The summed E-state index contributed by atoms with van der Waals surface area (Å²) < 4.78 is 0. The number of hydrogen-bond donors (Lipinski definition) is 2. The van der Waals surface area contributed by atoms with E-state index in [0.717, 1.165) is 0 Å². The number of amides is 1. The highest BCUT2D eigenvalue weighted by atomic mass is 16.4. The van der Waals surface area contributed by atoms with Crippen LogP contribution in [0.3, 0.4) is 0 Å². The summed E-state index contributed by atoms with van der Waals surface area (Å²) in [5.74, 6) is -0.747. The summed E-state index contributed by atoms with van der Waals surface area (Å²) in [4.78, 5) is 10.7. The van der Waals surface area contributed by atoms with Gasteiger partial charge >= 0.3 is 0 Å². The van der Waals surface area contributed by atoms with Crippen LogP contribution in [0.5, 0.6) is 0 Å². The van der Waals surface area contributed by atoms with Crippen LogP contribution in [0.2, 0.25) is 0 Å². The molecule has 1 rings (SSSR count). The van der Waals surface area contributed by atoms with E-state index in [1.165, 1.54) is 0 Å². The first-order chi connectivity index (χ1) is 5.75. The maximum Gasteiger partial charge on any atom is 0.271 e. The van der Waals surface area contributed by atoms with Crippen molar-refractivity contribution in [3.63, 3.8) is 0 Å². The lowest BCUT2D eigenvalue weighted by Crippen LogP contribution is -2.24. The summed E-state index contributed by atoms with van der Waals surface area (Å²) in [6.07, 6.45) is 0. The molecule has 0 atom stereocenters. The van der Waals surface area contributed by atoms with Crippen LogP contribution in [-0.4, -0.2) is 16.8 Å². The van der Waals surface area contributed by atoms with Crippen molar-refractivity contribution < 1.29 is 10.0 Å². The Morgan fingerprint density at radius 3 is 2.33 bits per heavy atom. The lowest BCUT2D eigenvalue weighted by Gasteiger charge is -1.97. The second-order valence-electron chi connectivity index (χ2n) is 2.18. The number of nitrogens with two attached hydrogens (primary N) is 1. The summed E-state index contributed by atoms with van der Waals surface area (Å²) in [5, 5.41) is 11.2. The van der Waals surface area contributed by atoms with Crippen LogP contribution in [-0.2, 0) is 4.79 Å². The fourth-order valence-electron chi connectivity index (χ4n) is 0.845. The zero-order chi connectivity index (χ0) is 8.97. The van der Waals surface area contributed by atoms with Crippen molar-refractivity contribution in [3.05, 3.63) is 35.9 Å². The Kier molecular flexibility index (Phi) is 2.42. The second-order valence-corrected chi connectivity index (χ2v) is 2.18. The minimum Gasteiger partial charge on any atom is -0.410 e. The third-order valence-electron chi connectivity index (χ3n) is 1.38. The van der Waals surface area contributed by atoms with Gasteiger partial charge in [0.1, 0.15) is 0 Å². The van der Waals surface area contributed by atoms with Crippen LogP contribution < -0.4 is 5.73 Å². The molecule has 4 heteroatoms. The largest absolute Gasteiger partial charge is 0.410 e. The summed E-state index contributed by atoms with van der Waals surface area (Å²) in [6.45, 7) is 0. The topological polar surface area (TPSA) is 75.7 Å². The van der Waals surface area contributed by atoms with Gasteiger partial charge in [0.2, 0.25) is 0 Å².